The van der Waals surface area contributed by atoms with Gasteiger partial charge in [0.25, 0.3) is 0 Å². The Kier molecular flexibility index (Phi) is 2.27. The number of benzene rings is 1. The zero-order valence-corrected chi connectivity index (χ0v) is 8.98. The summed E-state index contributed by atoms with van der Waals surface area (Å²) in [7, 11) is 3.94. The van der Waals surface area contributed by atoms with Crippen molar-refractivity contribution in [1.29, 1.82) is 0 Å². The topological polar surface area (TPSA) is 6.48 Å². The molecule has 0 spiro atoms. The zero-order valence-electron chi connectivity index (χ0n) is 8.22. The number of halogens is 2. The van der Waals surface area contributed by atoms with Gasteiger partial charge < -0.3 is 9.80 Å². The Bertz CT molecular complexity index is 332. The number of likely N-dealkylation sites (N-methyl/N-ethyl adjacent to an activating group) is 2. The first-order chi connectivity index (χ1) is 6.59. The molecule has 4 heteroatoms. The van der Waals surface area contributed by atoms with Gasteiger partial charge in [-0.15, -0.1) is 0 Å². The summed E-state index contributed by atoms with van der Waals surface area (Å²) in [6, 6.07) is 3.18. The van der Waals surface area contributed by atoms with Crippen LogP contribution in [-0.4, -0.2) is 27.2 Å². The molecule has 1 aliphatic rings. The number of hydrogen-bond acceptors (Lipinski definition) is 2. The summed E-state index contributed by atoms with van der Waals surface area (Å²) >= 11 is 5.74. The maximum absolute atomic E-state index is 13.2. The Labute approximate surface area is 87.9 Å². The molecule has 76 valence electrons. The van der Waals surface area contributed by atoms with E-state index in [1.807, 2.05) is 19.0 Å². The van der Waals surface area contributed by atoms with Crippen molar-refractivity contribution in [2.45, 2.75) is 0 Å². The molecule has 14 heavy (non-hydrogen) atoms. The molecule has 2 nitrogen and oxygen atoms in total. The van der Waals surface area contributed by atoms with Crippen LogP contribution in [0.3, 0.4) is 0 Å². The molecule has 0 aliphatic carbocycles. The van der Waals surface area contributed by atoms with Crippen molar-refractivity contribution in [3.63, 3.8) is 0 Å². The second kappa shape index (κ2) is 3.31. The van der Waals surface area contributed by atoms with Crippen molar-refractivity contribution < 1.29 is 4.39 Å². The number of rotatable bonds is 0. The Morgan fingerprint density at radius 3 is 2.21 bits per heavy atom. The van der Waals surface area contributed by atoms with Gasteiger partial charge in [0.1, 0.15) is 5.82 Å². The van der Waals surface area contributed by atoms with Crippen molar-refractivity contribution in [3.05, 3.63) is 23.0 Å². The lowest BCUT2D eigenvalue weighted by Crippen LogP contribution is -2.36. The predicted molar refractivity (Wildman–Crippen MR) is 58.0 cm³/mol. The van der Waals surface area contributed by atoms with Gasteiger partial charge >= 0.3 is 0 Å². The number of nitrogens with zero attached hydrogens (tertiary/aromatic N) is 2. The fraction of sp³-hybridized carbons (Fsp3) is 0.400. The Hall–Kier alpha value is -0.960. The second-order valence-corrected chi connectivity index (χ2v) is 4.01. The van der Waals surface area contributed by atoms with E-state index in [1.165, 1.54) is 6.07 Å². The normalized spacial score (nSPS) is 15.7. The summed E-state index contributed by atoms with van der Waals surface area (Å²) in [6.07, 6.45) is 0. The first-order valence-electron chi connectivity index (χ1n) is 4.51. The van der Waals surface area contributed by atoms with Crippen LogP contribution in [0.5, 0.6) is 0 Å². The summed E-state index contributed by atoms with van der Waals surface area (Å²) < 4.78 is 13.2. The highest BCUT2D eigenvalue weighted by atomic mass is 35.5. The fourth-order valence-corrected chi connectivity index (χ4v) is 1.84. The average molecular weight is 215 g/mol. The van der Waals surface area contributed by atoms with Crippen LogP contribution >= 0.6 is 11.6 Å². The van der Waals surface area contributed by atoms with Crippen LogP contribution in [-0.2, 0) is 0 Å². The standard InChI is InChI=1S/C10H12ClFN2/c1-13-3-4-14(2)10-6-8(12)7(11)5-9(10)13/h5-6H,3-4H2,1-2H3. The Morgan fingerprint density at radius 1 is 1.14 bits per heavy atom. The van der Waals surface area contributed by atoms with E-state index in [1.54, 1.807) is 6.07 Å². The number of anilines is 2. The van der Waals surface area contributed by atoms with Crippen molar-refractivity contribution in [2.24, 2.45) is 0 Å². The minimum atomic E-state index is -0.354. The minimum Gasteiger partial charge on any atom is -0.371 e. The maximum atomic E-state index is 13.2. The van der Waals surface area contributed by atoms with E-state index in [0.717, 1.165) is 24.5 Å². The molecule has 1 aromatic rings. The molecule has 1 aromatic carbocycles. The summed E-state index contributed by atoms with van der Waals surface area (Å²) in [5.74, 6) is -0.354. The molecule has 0 bridgehead atoms. The first kappa shape index (κ1) is 9.59. The molecule has 0 amide bonds. The monoisotopic (exact) mass is 214 g/mol. The average Bonchev–Trinajstić information content (AvgIpc) is 2.15. The third-order valence-electron chi connectivity index (χ3n) is 2.61. The quantitative estimate of drug-likeness (QED) is 0.654. The molecule has 0 unspecified atom stereocenters. The van der Waals surface area contributed by atoms with Crippen LogP contribution in [0.1, 0.15) is 0 Å². The van der Waals surface area contributed by atoms with Crippen molar-refractivity contribution in [3.8, 4) is 0 Å². The highest BCUT2D eigenvalue weighted by Gasteiger charge is 2.19. The van der Waals surface area contributed by atoms with Gasteiger partial charge in [0.2, 0.25) is 0 Å². The summed E-state index contributed by atoms with van der Waals surface area (Å²) in [4.78, 5) is 4.12. The fourth-order valence-electron chi connectivity index (χ4n) is 1.68. The van der Waals surface area contributed by atoms with Gasteiger partial charge in [-0.3, -0.25) is 0 Å². The van der Waals surface area contributed by atoms with Crippen LogP contribution in [0.25, 0.3) is 0 Å². The molecule has 0 fully saturated rings. The lowest BCUT2D eigenvalue weighted by molar-refractivity contribution is 0.626. The first-order valence-corrected chi connectivity index (χ1v) is 4.88. The Morgan fingerprint density at radius 2 is 1.64 bits per heavy atom. The molecule has 0 saturated carbocycles. The van der Waals surface area contributed by atoms with E-state index in [4.69, 9.17) is 11.6 Å². The van der Waals surface area contributed by atoms with E-state index >= 15 is 0 Å². The SMILES string of the molecule is CN1CCN(C)c2cc(Cl)c(F)cc21. The molecule has 0 radical (unpaired) electrons. The van der Waals surface area contributed by atoms with Gasteiger partial charge in [-0.2, -0.15) is 0 Å². The van der Waals surface area contributed by atoms with Gasteiger partial charge in [-0.25, -0.2) is 4.39 Å². The molecule has 1 aliphatic heterocycles. The molecule has 0 saturated heterocycles. The number of hydrogen-bond donors (Lipinski definition) is 0. The minimum absolute atomic E-state index is 0.186. The van der Waals surface area contributed by atoms with Gasteiger partial charge in [0.05, 0.1) is 16.4 Å². The predicted octanol–water partition coefficient (Wildman–Crippen LogP) is 2.37. The molecule has 2 rings (SSSR count). The van der Waals surface area contributed by atoms with Crippen molar-refractivity contribution >= 4 is 23.0 Å². The van der Waals surface area contributed by atoms with Gasteiger partial charge in [-0.1, -0.05) is 11.6 Å². The van der Waals surface area contributed by atoms with Crippen molar-refractivity contribution in [2.75, 3.05) is 37.0 Å². The van der Waals surface area contributed by atoms with E-state index in [0.29, 0.717) is 0 Å². The summed E-state index contributed by atoms with van der Waals surface area (Å²) in [5.41, 5.74) is 1.89. The molecular weight excluding hydrogens is 203 g/mol. The molecule has 0 aromatic heterocycles. The lowest BCUT2D eigenvalue weighted by Gasteiger charge is -2.34. The van der Waals surface area contributed by atoms with Gasteiger partial charge in [0, 0.05) is 33.3 Å². The van der Waals surface area contributed by atoms with E-state index in [2.05, 4.69) is 4.90 Å². The lowest BCUT2D eigenvalue weighted by atomic mass is 10.2. The van der Waals surface area contributed by atoms with Crippen LogP contribution in [0, 0.1) is 5.82 Å². The zero-order chi connectivity index (χ0) is 10.3. The largest absolute Gasteiger partial charge is 0.371 e. The van der Waals surface area contributed by atoms with Gasteiger partial charge in [-0.05, 0) is 6.07 Å². The van der Waals surface area contributed by atoms with E-state index < -0.39 is 0 Å². The highest BCUT2D eigenvalue weighted by molar-refractivity contribution is 6.31. The highest BCUT2D eigenvalue weighted by Crippen LogP contribution is 2.35. The maximum Gasteiger partial charge on any atom is 0.144 e. The molecule has 0 atom stereocenters. The van der Waals surface area contributed by atoms with Crippen molar-refractivity contribution in [1.82, 2.24) is 0 Å². The summed E-state index contributed by atoms with van der Waals surface area (Å²) in [5, 5.41) is 0.186. The van der Waals surface area contributed by atoms with Crippen LogP contribution < -0.4 is 9.80 Å². The molecule has 1 heterocycles. The molecular formula is C10H12ClFN2. The van der Waals surface area contributed by atoms with Crippen LogP contribution in [0.15, 0.2) is 12.1 Å². The van der Waals surface area contributed by atoms with Crippen LogP contribution in [0.4, 0.5) is 15.8 Å². The molecule has 0 N–H and O–H groups in total. The van der Waals surface area contributed by atoms with E-state index in [9.17, 15) is 4.39 Å². The second-order valence-electron chi connectivity index (χ2n) is 3.60. The smallest absolute Gasteiger partial charge is 0.144 e. The van der Waals surface area contributed by atoms with Gasteiger partial charge in [0.15, 0.2) is 0 Å². The Balaban J connectivity index is 2.56. The van der Waals surface area contributed by atoms with Crippen LogP contribution in [0.2, 0.25) is 5.02 Å². The third-order valence-corrected chi connectivity index (χ3v) is 2.90. The third kappa shape index (κ3) is 1.42. The number of fused-ring (bicyclic) bond motifs is 1. The van der Waals surface area contributed by atoms with E-state index in [-0.39, 0.29) is 10.8 Å². The summed E-state index contributed by atoms with van der Waals surface area (Å²) in [6.45, 7) is 1.84.